The molecule has 7 heteroatoms. The summed E-state index contributed by atoms with van der Waals surface area (Å²) in [4.78, 5) is 12.1. The van der Waals surface area contributed by atoms with Crippen LogP contribution >= 0.6 is 0 Å². The number of hydrogen-bond acceptors (Lipinski definition) is 2. The monoisotopic (exact) mass is 350 g/mol. The average Bonchev–Trinajstić information content (AvgIpc) is 3.45. The number of anilines is 1. The molecule has 2 aliphatic carbocycles. The summed E-state index contributed by atoms with van der Waals surface area (Å²) in [6.07, 6.45) is 2.37. The molecule has 1 atom stereocenters. The Kier molecular flexibility index (Phi) is 3.51. The summed E-state index contributed by atoms with van der Waals surface area (Å²) in [6.45, 7) is -0.595. The second-order valence-electron chi connectivity index (χ2n) is 6.92. The van der Waals surface area contributed by atoms with Gasteiger partial charge in [0.15, 0.2) is 5.54 Å². The third-order valence-corrected chi connectivity index (χ3v) is 4.94. The zero-order chi connectivity index (χ0) is 17.8. The molecule has 2 saturated carbocycles. The van der Waals surface area contributed by atoms with E-state index >= 15 is 8.78 Å². The number of benzene rings is 1. The van der Waals surface area contributed by atoms with Crippen molar-refractivity contribution < 1.29 is 23.1 Å². The van der Waals surface area contributed by atoms with Crippen LogP contribution in [0.3, 0.4) is 0 Å². The molecule has 0 spiro atoms. The smallest absolute Gasteiger partial charge is 0.320 e. The number of rotatable bonds is 3. The largest absolute Gasteiger partial charge is 0.392 e. The molecule has 0 saturated heterocycles. The molecular formula is C18H17F3N2O2. The van der Waals surface area contributed by atoms with Gasteiger partial charge in [-0.15, -0.1) is 0 Å². The van der Waals surface area contributed by atoms with Gasteiger partial charge in [0.2, 0.25) is 0 Å². The molecule has 25 heavy (non-hydrogen) atoms. The molecule has 3 N–H and O–H groups in total. The second-order valence-corrected chi connectivity index (χ2v) is 6.92. The van der Waals surface area contributed by atoms with Gasteiger partial charge in [-0.05, 0) is 37.8 Å². The maximum atomic E-state index is 15.3. The van der Waals surface area contributed by atoms with Crippen molar-refractivity contribution in [2.45, 2.75) is 43.8 Å². The normalized spacial score (nSPS) is 25.4. The summed E-state index contributed by atoms with van der Waals surface area (Å²) >= 11 is 0. The summed E-state index contributed by atoms with van der Waals surface area (Å²) in [5, 5.41) is 13.9. The molecule has 1 aromatic rings. The highest BCUT2D eigenvalue weighted by Crippen LogP contribution is 2.54. The second kappa shape index (κ2) is 5.40. The van der Waals surface area contributed by atoms with Crippen molar-refractivity contribution >= 4 is 11.7 Å². The van der Waals surface area contributed by atoms with Crippen molar-refractivity contribution in [2.75, 3.05) is 5.32 Å². The number of hydrogen-bond donors (Lipinski definition) is 3. The van der Waals surface area contributed by atoms with Gasteiger partial charge in [-0.25, -0.2) is 18.0 Å². The number of carbonyl (C=O) groups excluding carboxylic acids is 1. The molecule has 4 nitrogen and oxygen atoms in total. The molecule has 0 radical (unpaired) electrons. The van der Waals surface area contributed by atoms with Crippen molar-refractivity contribution in [3.63, 3.8) is 0 Å². The van der Waals surface area contributed by atoms with Gasteiger partial charge in [-0.3, -0.25) is 0 Å². The first-order valence-electron chi connectivity index (χ1n) is 8.31. The molecule has 2 amide bonds. The topological polar surface area (TPSA) is 61.4 Å². The molecule has 0 unspecified atom stereocenters. The van der Waals surface area contributed by atoms with Gasteiger partial charge >= 0.3 is 6.03 Å². The van der Waals surface area contributed by atoms with Gasteiger partial charge in [0.1, 0.15) is 5.82 Å². The molecular weight excluding hydrogens is 333 g/mol. The van der Waals surface area contributed by atoms with Crippen LogP contribution in [-0.4, -0.2) is 17.1 Å². The number of aliphatic hydroxyl groups is 1. The fraction of sp³-hybridized carbons (Fsp3) is 0.500. The molecule has 1 heterocycles. The van der Waals surface area contributed by atoms with Crippen molar-refractivity contribution in [2.24, 2.45) is 11.8 Å². The van der Waals surface area contributed by atoms with Crippen LogP contribution < -0.4 is 10.6 Å². The number of aliphatic hydroxyl groups excluding tert-OH is 1. The number of amides is 2. The predicted molar refractivity (Wildman–Crippen MR) is 84.3 cm³/mol. The molecule has 4 rings (SSSR count). The summed E-state index contributed by atoms with van der Waals surface area (Å²) < 4.78 is 44.8. The van der Waals surface area contributed by atoms with E-state index in [2.05, 4.69) is 22.5 Å². The van der Waals surface area contributed by atoms with E-state index < -0.39 is 35.8 Å². The van der Waals surface area contributed by atoms with E-state index in [0.29, 0.717) is 12.8 Å². The van der Waals surface area contributed by atoms with E-state index in [1.165, 1.54) is 6.07 Å². The Labute approximate surface area is 142 Å². The fourth-order valence-electron chi connectivity index (χ4n) is 3.18. The summed E-state index contributed by atoms with van der Waals surface area (Å²) in [6, 6.07) is 1.33. The Morgan fingerprint density at radius 3 is 2.60 bits per heavy atom. The minimum absolute atomic E-state index is 0.0451. The molecule has 1 aromatic carbocycles. The van der Waals surface area contributed by atoms with Crippen LogP contribution in [0.4, 0.5) is 23.7 Å². The van der Waals surface area contributed by atoms with Crippen LogP contribution in [0.15, 0.2) is 12.1 Å². The number of carbonyl (C=O) groups is 1. The highest BCUT2D eigenvalue weighted by Gasteiger charge is 2.64. The van der Waals surface area contributed by atoms with E-state index in [9.17, 15) is 14.3 Å². The predicted octanol–water partition coefficient (Wildman–Crippen LogP) is 3.11. The molecule has 0 aromatic heterocycles. The summed E-state index contributed by atoms with van der Waals surface area (Å²) in [7, 11) is 0. The average molecular weight is 350 g/mol. The van der Waals surface area contributed by atoms with Crippen LogP contribution in [-0.2, 0) is 12.1 Å². The first-order valence-corrected chi connectivity index (χ1v) is 8.31. The lowest BCUT2D eigenvalue weighted by Crippen LogP contribution is -2.61. The van der Waals surface area contributed by atoms with E-state index in [-0.39, 0.29) is 22.7 Å². The lowest BCUT2D eigenvalue weighted by Gasteiger charge is -2.41. The van der Waals surface area contributed by atoms with Gasteiger partial charge in [0.25, 0.3) is 5.92 Å². The van der Waals surface area contributed by atoms with Gasteiger partial charge < -0.3 is 15.7 Å². The Hall–Kier alpha value is -2.20. The zero-order valence-electron chi connectivity index (χ0n) is 13.3. The Balaban J connectivity index is 1.93. The Morgan fingerprint density at radius 1 is 1.28 bits per heavy atom. The minimum atomic E-state index is -3.32. The van der Waals surface area contributed by atoms with E-state index in [1.54, 1.807) is 0 Å². The van der Waals surface area contributed by atoms with Crippen molar-refractivity contribution in [3.05, 3.63) is 29.1 Å². The maximum Gasteiger partial charge on any atom is 0.320 e. The third-order valence-electron chi connectivity index (χ3n) is 4.94. The summed E-state index contributed by atoms with van der Waals surface area (Å²) in [5.74, 6) is 0.452. The quantitative estimate of drug-likeness (QED) is 0.734. The Bertz CT molecular complexity index is 807. The van der Waals surface area contributed by atoms with Crippen molar-refractivity contribution in [3.8, 4) is 11.8 Å². The van der Waals surface area contributed by atoms with Gasteiger partial charge in [0.05, 0.1) is 6.61 Å². The lowest BCUT2D eigenvalue weighted by atomic mass is 9.79. The van der Waals surface area contributed by atoms with Gasteiger partial charge in [-0.2, -0.15) is 0 Å². The van der Waals surface area contributed by atoms with E-state index in [1.807, 2.05) is 0 Å². The van der Waals surface area contributed by atoms with Crippen LogP contribution in [0.2, 0.25) is 0 Å². The number of alkyl halides is 2. The summed E-state index contributed by atoms with van der Waals surface area (Å²) in [5.41, 5.74) is -2.37. The molecule has 1 aliphatic heterocycles. The fourth-order valence-corrected chi connectivity index (χ4v) is 3.18. The lowest BCUT2D eigenvalue weighted by molar-refractivity contribution is -0.0847. The number of halogens is 3. The number of urea groups is 1. The molecule has 132 valence electrons. The van der Waals surface area contributed by atoms with E-state index in [0.717, 1.165) is 18.9 Å². The third kappa shape index (κ3) is 2.56. The first-order chi connectivity index (χ1) is 11.9. The van der Waals surface area contributed by atoms with Crippen LogP contribution in [0.1, 0.15) is 36.8 Å². The first kappa shape index (κ1) is 16.3. The van der Waals surface area contributed by atoms with Crippen LogP contribution in [0.5, 0.6) is 0 Å². The van der Waals surface area contributed by atoms with Crippen molar-refractivity contribution in [1.29, 1.82) is 0 Å². The SMILES string of the molecule is O=C1Nc2cc(CO)c(F)cc2[C@@](C#CC2CC2)(C(F)(F)C2CC2)N1. The van der Waals surface area contributed by atoms with Gasteiger partial charge in [0, 0.05) is 28.7 Å². The van der Waals surface area contributed by atoms with Gasteiger partial charge in [-0.1, -0.05) is 11.8 Å². The van der Waals surface area contributed by atoms with Crippen molar-refractivity contribution in [1.82, 2.24) is 5.32 Å². The van der Waals surface area contributed by atoms with Crippen LogP contribution in [0, 0.1) is 29.5 Å². The van der Waals surface area contributed by atoms with Crippen LogP contribution in [0.25, 0.3) is 0 Å². The number of fused-ring (bicyclic) bond motifs is 1. The molecule has 3 aliphatic rings. The maximum absolute atomic E-state index is 15.3. The Morgan fingerprint density at radius 2 is 2.00 bits per heavy atom. The highest BCUT2D eigenvalue weighted by atomic mass is 19.3. The zero-order valence-corrected chi connectivity index (χ0v) is 13.3. The number of nitrogens with one attached hydrogen (secondary N) is 2. The molecule has 2 fully saturated rings. The molecule has 0 bridgehead atoms. The van der Waals surface area contributed by atoms with E-state index in [4.69, 9.17) is 0 Å². The minimum Gasteiger partial charge on any atom is -0.392 e. The highest BCUT2D eigenvalue weighted by molar-refractivity contribution is 5.95. The standard InChI is InChI=1S/C18H17F3N2O2/c19-14-8-13-15(7-11(14)9-24)22-16(25)23-17(13,6-5-10-1-2-10)18(20,21)12-3-4-12/h7-8,10,12,24H,1-4,9H2,(H2,22,23,25)/t17-/m0/s1.